The molecule has 2 heterocycles. The molecule has 0 bridgehead atoms. The molecule has 1 fully saturated rings. The van der Waals surface area contributed by atoms with Crippen molar-refractivity contribution in [3.05, 3.63) is 53.3 Å². The Hall–Kier alpha value is -3.09. The van der Waals surface area contributed by atoms with Gasteiger partial charge in [0.15, 0.2) is 0 Å². The predicted octanol–water partition coefficient (Wildman–Crippen LogP) is 2.96. The zero-order valence-electron chi connectivity index (χ0n) is 15.6. The van der Waals surface area contributed by atoms with Gasteiger partial charge in [-0.3, -0.25) is 9.78 Å². The summed E-state index contributed by atoms with van der Waals surface area (Å²) in [6.45, 7) is 3.76. The molecule has 7 heteroatoms. The minimum Gasteiger partial charge on any atom is -0.495 e. The van der Waals surface area contributed by atoms with E-state index in [1.54, 1.807) is 18.2 Å². The van der Waals surface area contributed by atoms with Crippen LogP contribution in [0, 0.1) is 6.92 Å². The summed E-state index contributed by atoms with van der Waals surface area (Å²) >= 11 is 0. The van der Waals surface area contributed by atoms with E-state index in [0.29, 0.717) is 23.5 Å². The number of carbonyl (C=O) groups is 2. The first-order valence-corrected chi connectivity index (χ1v) is 9.01. The Kier molecular flexibility index (Phi) is 5.90. The second-order valence-electron chi connectivity index (χ2n) is 6.49. The van der Waals surface area contributed by atoms with Gasteiger partial charge in [-0.1, -0.05) is 6.07 Å². The average molecular weight is 368 g/mol. The number of aromatic nitrogens is 1. The van der Waals surface area contributed by atoms with Gasteiger partial charge in [-0.05, 0) is 50.1 Å². The van der Waals surface area contributed by atoms with Gasteiger partial charge in [-0.25, -0.2) is 4.79 Å². The third-order valence-electron chi connectivity index (χ3n) is 4.46. The molecular formula is C20H24N4O3. The molecule has 0 radical (unpaired) electrons. The average Bonchev–Trinajstić information content (AvgIpc) is 3.20. The van der Waals surface area contributed by atoms with Crippen molar-refractivity contribution in [1.82, 2.24) is 15.2 Å². The molecule has 0 saturated carbocycles. The number of methoxy groups -OCH3 is 1. The molecule has 0 aliphatic carbocycles. The first-order valence-electron chi connectivity index (χ1n) is 9.01. The number of benzene rings is 1. The number of anilines is 1. The molecule has 1 aliphatic rings. The van der Waals surface area contributed by atoms with Crippen molar-refractivity contribution in [2.45, 2.75) is 26.3 Å². The lowest BCUT2D eigenvalue weighted by Crippen LogP contribution is -2.29. The third kappa shape index (κ3) is 4.75. The number of ether oxygens (including phenoxy) is 1. The van der Waals surface area contributed by atoms with Crippen LogP contribution in [0.5, 0.6) is 5.75 Å². The molecule has 27 heavy (non-hydrogen) atoms. The fourth-order valence-electron chi connectivity index (χ4n) is 3.08. The number of likely N-dealkylation sites (tertiary alicyclic amines) is 1. The molecule has 142 valence electrons. The SMILES string of the molecule is COc1ccc(C(=O)N2CCCC2)cc1NC(=O)NCc1cccc(C)n1. The number of hydrogen-bond acceptors (Lipinski definition) is 4. The molecule has 0 spiro atoms. The second kappa shape index (κ2) is 8.53. The Morgan fingerprint density at radius 3 is 2.67 bits per heavy atom. The highest BCUT2D eigenvalue weighted by Gasteiger charge is 2.20. The lowest BCUT2D eigenvalue weighted by molar-refractivity contribution is 0.0793. The number of nitrogens with one attached hydrogen (secondary N) is 2. The molecule has 3 rings (SSSR count). The largest absolute Gasteiger partial charge is 0.495 e. The summed E-state index contributed by atoms with van der Waals surface area (Å²) in [6, 6.07) is 10.3. The van der Waals surface area contributed by atoms with E-state index in [1.807, 2.05) is 30.0 Å². The van der Waals surface area contributed by atoms with Crippen LogP contribution in [-0.4, -0.2) is 42.0 Å². The van der Waals surface area contributed by atoms with Gasteiger partial charge in [-0.15, -0.1) is 0 Å². The minimum absolute atomic E-state index is 0.0254. The first-order chi connectivity index (χ1) is 13.1. The summed E-state index contributed by atoms with van der Waals surface area (Å²) in [7, 11) is 1.52. The van der Waals surface area contributed by atoms with Crippen LogP contribution in [0.25, 0.3) is 0 Å². The number of carbonyl (C=O) groups excluding carboxylic acids is 2. The maximum atomic E-state index is 12.6. The van der Waals surface area contributed by atoms with E-state index >= 15 is 0 Å². The molecular weight excluding hydrogens is 344 g/mol. The van der Waals surface area contributed by atoms with Crippen LogP contribution in [0.15, 0.2) is 36.4 Å². The van der Waals surface area contributed by atoms with Crippen molar-refractivity contribution in [1.29, 1.82) is 0 Å². The summed E-state index contributed by atoms with van der Waals surface area (Å²) in [4.78, 5) is 31.0. The number of aryl methyl sites for hydroxylation is 1. The predicted molar refractivity (Wildman–Crippen MR) is 103 cm³/mol. The maximum Gasteiger partial charge on any atom is 0.319 e. The Labute approximate surface area is 158 Å². The smallest absolute Gasteiger partial charge is 0.319 e. The summed E-state index contributed by atoms with van der Waals surface area (Å²) in [5, 5.41) is 5.52. The van der Waals surface area contributed by atoms with Crippen LogP contribution in [0.4, 0.5) is 10.5 Å². The Balaban J connectivity index is 1.67. The summed E-state index contributed by atoms with van der Waals surface area (Å²) in [5.74, 6) is 0.472. The van der Waals surface area contributed by atoms with Gasteiger partial charge in [-0.2, -0.15) is 0 Å². The Bertz CT molecular complexity index is 832. The van der Waals surface area contributed by atoms with Gasteiger partial charge in [0.05, 0.1) is 25.0 Å². The van der Waals surface area contributed by atoms with Gasteiger partial charge < -0.3 is 20.3 Å². The van der Waals surface area contributed by atoms with E-state index in [4.69, 9.17) is 4.74 Å². The van der Waals surface area contributed by atoms with Crippen molar-refractivity contribution < 1.29 is 14.3 Å². The molecule has 3 amide bonds. The second-order valence-corrected chi connectivity index (χ2v) is 6.49. The van der Waals surface area contributed by atoms with E-state index in [0.717, 1.165) is 37.3 Å². The van der Waals surface area contributed by atoms with Gasteiger partial charge in [0.1, 0.15) is 5.75 Å². The Morgan fingerprint density at radius 1 is 1.19 bits per heavy atom. The normalized spacial score (nSPS) is 13.3. The lowest BCUT2D eigenvalue weighted by Gasteiger charge is -2.17. The van der Waals surface area contributed by atoms with E-state index in [1.165, 1.54) is 7.11 Å². The number of amides is 3. The van der Waals surface area contributed by atoms with Crippen LogP contribution in [0.2, 0.25) is 0 Å². The molecule has 2 aromatic rings. The number of rotatable bonds is 5. The van der Waals surface area contributed by atoms with Gasteiger partial charge in [0.25, 0.3) is 5.91 Å². The quantitative estimate of drug-likeness (QED) is 0.850. The summed E-state index contributed by atoms with van der Waals surface area (Å²) in [6.07, 6.45) is 2.06. The number of urea groups is 1. The molecule has 1 aromatic heterocycles. The summed E-state index contributed by atoms with van der Waals surface area (Å²) < 4.78 is 5.31. The van der Waals surface area contributed by atoms with Gasteiger partial charge >= 0.3 is 6.03 Å². The molecule has 1 saturated heterocycles. The van der Waals surface area contributed by atoms with E-state index < -0.39 is 0 Å². The topological polar surface area (TPSA) is 83.6 Å². The van der Waals surface area contributed by atoms with Crippen molar-refractivity contribution in [2.24, 2.45) is 0 Å². The fourth-order valence-corrected chi connectivity index (χ4v) is 3.08. The summed E-state index contributed by atoms with van der Waals surface area (Å²) in [5.41, 5.74) is 2.66. The number of hydrogen-bond donors (Lipinski definition) is 2. The fraction of sp³-hybridized carbons (Fsp3) is 0.350. The van der Waals surface area contributed by atoms with E-state index in [9.17, 15) is 9.59 Å². The highest BCUT2D eigenvalue weighted by Crippen LogP contribution is 2.26. The lowest BCUT2D eigenvalue weighted by atomic mass is 10.1. The van der Waals surface area contributed by atoms with Crippen LogP contribution in [0.3, 0.4) is 0 Å². The molecule has 0 unspecified atom stereocenters. The van der Waals surface area contributed by atoms with Gasteiger partial charge in [0.2, 0.25) is 0 Å². The number of pyridine rings is 1. The van der Waals surface area contributed by atoms with Crippen molar-refractivity contribution in [3.63, 3.8) is 0 Å². The van der Waals surface area contributed by atoms with E-state index in [2.05, 4.69) is 15.6 Å². The van der Waals surface area contributed by atoms with Gasteiger partial charge in [0, 0.05) is 24.3 Å². The molecule has 7 nitrogen and oxygen atoms in total. The molecule has 1 aliphatic heterocycles. The van der Waals surface area contributed by atoms with Crippen molar-refractivity contribution in [3.8, 4) is 5.75 Å². The van der Waals surface area contributed by atoms with Crippen molar-refractivity contribution >= 4 is 17.6 Å². The van der Waals surface area contributed by atoms with Crippen LogP contribution in [0.1, 0.15) is 34.6 Å². The maximum absolute atomic E-state index is 12.6. The van der Waals surface area contributed by atoms with Crippen LogP contribution >= 0.6 is 0 Å². The van der Waals surface area contributed by atoms with Crippen molar-refractivity contribution in [2.75, 3.05) is 25.5 Å². The monoisotopic (exact) mass is 368 g/mol. The zero-order chi connectivity index (χ0) is 19.2. The minimum atomic E-state index is -0.387. The highest BCUT2D eigenvalue weighted by molar-refractivity contribution is 5.98. The highest BCUT2D eigenvalue weighted by atomic mass is 16.5. The Morgan fingerprint density at radius 2 is 1.96 bits per heavy atom. The molecule has 1 aromatic carbocycles. The van der Waals surface area contributed by atoms with Crippen LogP contribution in [-0.2, 0) is 6.54 Å². The molecule has 2 N–H and O–H groups in total. The first kappa shape index (κ1) is 18.7. The number of nitrogens with zero attached hydrogens (tertiary/aromatic N) is 2. The van der Waals surface area contributed by atoms with Crippen LogP contribution < -0.4 is 15.4 Å². The standard InChI is InChI=1S/C20H24N4O3/c1-14-6-5-7-16(22-14)13-21-20(26)23-17-12-15(8-9-18(17)27-2)19(25)24-10-3-4-11-24/h5-9,12H,3-4,10-11,13H2,1-2H3,(H2,21,23,26). The van der Waals surface area contributed by atoms with E-state index in [-0.39, 0.29) is 11.9 Å². The molecule has 0 atom stereocenters. The third-order valence-corrected chi connectivity index (χ3v) is 4.46. The zero-order valence-corrected chi connectivity index (χ0v) is 15.6.